The lowest BCUT2D eigenvalue weighted by atomic mass is 10.2. The number of esters is 1. The molecular weight excluding hydrogens is 250 g/mol. The van der Waals surface area contributed by atoms with Crippen molar-refractivity contribution in [1.29, 1.82) is 0 Å². The molecule has 106 valence electrons. The van der Waals surface area contributed by atoms with Crippen LogP contribution in [0.2, 0.25) is 0 Å². The molecule has 1 rings (SSSR count). The van der Waals surface area contributed by atoms with E-state index in [1.807, 2.05) is 25.6 Å². The second-order valence-electron chi connectivity index (χ2n) is 4.33. The zero-order chi connectivity index (χ0) is 13.2. The molecule has 1 N–H and O–H groups in total. The average Bonchev–Trinajstić information content (AvgIpc) is 2.39. The van der Waals surface area contributed by atoms with Crippen LogP contribution in [-0.2, 0) is 14.3 Å². The van der Waals surface area contributed by atoms with E-state index in [2.05, 4.69) is 5.32 Å². The normalized spacial score (nSPS) is 18.6. The van der Waals surface area contributed by atoms with Crippen molar-refractivity contribution in [2.75, 3.05) is 32.1 Å². The molecule has 1 heterocycles. The third-order valence-electron chi connectivity index (χ3n) is 2.95. The number of carbonyl (C=O) groups is 1. The molecule has 0 saturated carbocycles. The maximum Gasteiger partial charge on any atom is 0.323 e. The summed E-state index contributed by atoms with van der Waals surface area (Å²) in [5, 5.41) is 3.89. The Morgan fingerprint density at radius 3 is 2.78 bits per heavy atom. The van der Waals surface area contributed by atoms with Crippen molar-refractivity contribution in [3.05, 3.63) is 0 Å². The van der Waals surface area contributed by atoms with Gasteiger partial charge in [0.05, 0.1) is 6.61 Å². The third kappa shape index (κ3) is 6.07. The van der Waals surface area contributed by atoms with Gasteiger partial charge in [-0.15, -0.1) is 0 Å². The molecular formula is C13H25NO3S. The fourth-order valence-electron chi connectivity index (χ4n) is 1.99. The van der Waals surface area contributed by atoms with Gasteiger partial charge < -0.3 is 14.8 Å². The van der Waals surface area contributed by atoms with Gasteiger partial charge in [-0.3, -0.25) is 4.79 Å². The van der Waals surface area contributed by atoms with Crippen LogP contribution in [0.5, 0.6) is 0 Å². The number of hydrogen-bond donors (Lipinski definition) is 1. The Morgan fingerprint density at radius 2 is 2.17 bits per heavy atom. The Morgan fingerprint density at radius 1 is 1.44 bits per heavy atom. The Balaban J connectivity index is 2.21. The molecule has 4 nitrogen and oxygen atoms in total. The first-order valence-corrected chi connectivity index (χ1v) is 7.92. The summed E-state index contributed by atoms with van der Waals surface area (Å²) in [6.07, 6.45) is 3.11. The lowest BCUT2D eigenvalue weighted by Crippen LogP contribution is -2.38. The first kappa shape index (κ1) is 15.8. The van der Waals surface area contributed by atoms with Gasteiger partial charge in [0.25, 0.3) is 0 Å². The van der Waals surface area contributed by atoms with Crippen LogP contribution >= 0.6 is 11.8 Å². The predicted octanol–water partition coefficient (Wildman–Crippen LogP) is 1.83. The van der Waals surface area contributed by atoms with Gasteiger partial charge in [0.15, 0.2) is 0 Å². The molecule has 0 radical (unpaired) electrons. The van der Waals surface area contributed by atoms with E-state index in [0.29, 0.717) is 11.9 Å². The zero-order valence-electron chi connectivity index (χ0n) is 11.4. The van der Waals surface area contributed by atoms with Gasteiger partial charge >= 0.3 is 5.97 Å². The Labute approximate surface area is 114 Å². The molecule has 1 aliphatic rings. The summed E-state index contributed by atoms with van der Waals surface area (Å²) in [5.74, 6) is 0.883. The van der Waals surface area contributed by atoms with Gasteiger partial charge in [-0.05, 0) is 38.5 Å². The summed E-state index contributed by atoms with van der Waals surface area (Å²) in [5.41, 5.74) is 0. The fraction of sp³-hybridized carbons (Fsp3) is 0.923. The molecule has 0 amide bonds. The standard InChI is InChI=1S/C13H25NO3S/c1-3-14-12(13(15)17-4-2)7-10-18-11-5-8-16-9-6-11/h11-12,14H,3-10H2,1-2H3. The van der Waals surface area contributed by atoms with E-state index in [1.54, 1.807) is 0 Å². The molecule has 1 atom stereocenters. The largest absolute Gasteiger partial charge is 0.465 e. The van der Waals surface area contributed by atoms with Crippen molar-refractivity contribution < 1.29 is 14.3 Å². The maximum absolute atomic E-state index is 11.7. The minimum absolute atomic E-state index is 0.119. The van der Waals surface area contributed by atoms with E-state index >= 15 is 0 Å². The van der Waals surface area contributed by atoms with Crippen LogP contribution in [0.15, 0.2) is 0 Å². The molecule has 0 spiro atoms. The van der Waals surface area contributed by atoms with E-state index in [4.69, 9.17) is 9.47 Å². The van der Waals surface area contributed by atoms with Gasteiger partial charge in [-0.25, -0.2) is 0 Å². The second-order valence-corrected chi connectivity index (χ2v) is 5.74. The zero-order valence-corrected chi connectivity index (χ0v) is 12.3. The first-order valence-electron chi connectivity index (χ1n) is 6.87. The van der Waals surface area contributed by atoms with Crippen LogP contribution in [-0.4, -0.2) is 49.4 Å². The fourth-order valence-corrected chi connectivity index (χ4v) is 3.22. The van der Waals surface area contributed by atoms with Gasteiger partial charge in [-0.2, -0.15) is 11.8 Å². The van der Waals surface area contributed by atoms with E-state index in [-0.39, 0.29) is 12.0 Å². The number of ether oxygens (including phenoxy) is 2. The summed E-state index contributed by atoms with van der Waals surface area (Å²) in [4.78, 5) is 11.7. The summed E-state index contributed by atoms with van der Waals surface area (Å²) in [6, 6.07) is -0.151. The minimum Gasteiger partial charge on any atom is -0.465 e. The molecule has 5 heteroatoms. The molecule has 1 saturated heterocycles. The molecule has 0 aromatic carbocycles. The van der Waals surface area contributed by atoms with Crippen molar-refractivity contribution >= 4 is 17.7 Å². The van der Waals surface area contributed by atoms with Crippen molar-refractivity contribution in [1.82, 2.24) is 5.32 Å². The number of hydrogen-bond acceptors (Lipinski definition) is 5. The highest BCUT2D eigenvalue weighted by molar-refractivity contribution is 7.99. The van der Waals surface area contributed by atoms with E-state index in [9.17, 15) is 4.79 Å². The number of likely N-dealkylation sites (N-methyl/N-ethyl adjacent to an activating group) is 1. The van der Waals surface area contributed by atoms with E-state index < -0.39 is 0 Å². The van der Waals surface area contributed by atoms with Gasteiger partial charge in [0.1, 0.15) is 6.04 Å². The monoisotopic (exact) mass is 275 g/mol. The van der Waals surface area contributed by atoms with Crippen molar-refractivity contribution in [2.24, 2.45) is 0 Å². The molecule has 1 unspecified atom stereocenters. The Hall–Kier alpha value is -0.260. The van der Waals surface area contributed by atoms with Crippen molar-refractivity contribution in [3.63, 3.8) is 0 Å². The Kier molecular flexibility index (Phi) is 8.46. The van der Waals surface area contributed by atoms with Gasteiger partial charge in [0.2, 0.25) is 0 Å². The summed E-state index contributed by atoms with van der Waals surface area (Å²) in [7, 11) is 0. The average molecular weight is 275 g/mol. The molecule has 1 fully saturated rings. The van der Waals surface area contributed by atoms with Crippen LogP contribution in [0.4, 0.5) is 0 Å². The lowest BCUT2D eigenvalue weighted by Gasteiger charge is -2.22. The topological polar surface area (TPSA) is 47.6 Å². The molecule has 0 aromatic rings. The minimum atomic E-state index is -0.151. The first-order chi connectivity index (χ1) is 8.77. The SMILES string of the molecule is CCNC(CCSC1CCOCC1)C(=O)OCC. The molecule has 18 heavy (non-hydrogen) atoms. The van der Waals surface area contributed by atoms with Crippen LogP contribution < -0.4 is 5.32 Å². The van der Waals surface area contributed by atoms with Crippen LogP contribution in [0.3, 0.4) is 0 Å². The van der Waals surface area contributed by atoms with Crippen LogP contribution in [0, 0.1) is 0 Å². The van der Waals surface area contributed by atoms with Crippen molar-refractivity contribution in [3.8, 4) is 0 Å². The molecule has 1 aliphatic heterocycles. The van der Waals surface area contributed by atoms with Crippen molar-refractivity contribution in [2.45, 2.75) is 44.4 Å². The molecule has 0 bridgehead atoms. The molecule has 0 aliphatic carbocycles. The lowest BCUT2D eigenvalue weighted by molar-refractivity contribution is -0.145. The number of nitrogens with one attached hydrogen (secondary N) is 1. The highest BCUT2D eigenvalue weighted by Gasteiger charge is 2.20. The number of carbonyl (C=O) groups excluding carboxylic acids is 1. The Bertz CT molecular complexity index is 232. The summed E-state index contributed by atoms with van der Waals surface area (Å²) in [6.45, 7) is 6.87. The van der Waals surface area contributed by atoms with E-state index in [0.717, 1.165) is 44.8 Å². The van der Waals surface area contributed by atoms with Crippen LogP contribution in [0.1, 0.15) is 33.1 Å². The number of thioether (sulfide) groups is 1. The number of rotatable bonds is 8. The quantitative estimate of drug-likeness (QED) is 0.685. The highest BCUT2D eigenvalue weighted by atomic mass is 32.2. The summed E-state index contributed by atoms with van der Waals surface area (Å²) < 4.78 is 10.4. The van der Waals surface area contributed by atoms with E-state index in [1.165, 1.54) is 0 Å². The third-order valence-corrected chi connectivity index (χ3v) is 4.36. The van der Waals surface area contributed by atoms with Gasteiger partial charge in [0, 0.05) is 18.5 Å². The molecule has 0 aromatic heterocycles. The maximum atomic E-state index is 11.7. The van der Waals surface area contributed by atoms with Crippen LogP contribution in [0.25, 0.3) is 0 Å². The predicted molar refractivity (Wildman–Crippen MR) is 75.0 cm³/mol. The second kappa shape index (κ2) is 9.64. The highest BCUT2D eigenvalue weighted by Crippen LogP contribution is 2.23. The summed E-state index contributed by atoms with van der Waals surface area (Å²) >= 11 is 1.96. The van der Waals surface area contributed by atoms with Gasteiger partial charge in [-0.1, -0.05) is 6.92 Å². The smallest absolute Gasteiger partial charge is 0.323 e.